The molecule has 0 heterocycles. The quantitative estimate of drug-likeness (QED) is 0.334. The summed E-state index contributed by atoms with van der Waals surface area (Å²) >= 11 is 0. The Labute approximate surface area is 201 Å². The predicted octanol–water partition coefficient (Wildman–Crippen LogP) is 6.23. The predicted molar refractivity (Wildman–Crippen MR) is 132 cm³/mol. The molecule has 0 radical (unpaired) electrons. The van der Waals surface area contributed by atoms with Crippen LogP contribution in [0.4, 0.5) is 0 Å². The van der Waals surface area contributed by atoms with Gasteiger partial charge in [-0.3, -0.25) is 9.59 Å². The molecule has 5 heteroatoms. The standard InChI is InChI=1S/C29H32O5/c1-19-17-24(11-16-27(19)32)29(6,23-9-14-26(15-10-23)34-21(3)31)18-28(4,5)22-7-12-25(13-8-22)33-20(2)30/h7-17,32H,18H2,1-6H3. The van der Waals surface area contributed by atoms with Crippen molar-refractivity contribution in [2.24, 2.45) is 0 Å². The number of benzene rings is 3. The van der Waals surface area contributed by atoms with Crippen molar-refractivity contribution in [1.29, 1.82) is 0 Å². The van der Waals surface area contributed by atoms with E-state index in [2.05, 4.69) is 20.8 Å². The van der Waals surface area contributed by atoms with E-state index in [9.17, 15) is 14.7 Å². The van der Waals surface area contributed by atoms with E-state index in [4.69, 9.17) is 9.47 Å². The molecule has 0 spiro atoms. The van der Waals surface area contributed by atoms with E-state index in [1.807, 2.05) is 67.6 Å². The molecule has 0 aliphatic rings. The van der Waals surface area contributed by atoms with Crippen LogP contribution in [-0.4, -0.2) is 17.0 Å². The molecule has 0 aromatic heterocycles. The van der Waals surface area contributed by atoms with Crippen LogP contribution in [0.1, 0.15) is 63.3 Å². The highest BCUT2D eigenvalue weighted by Crippen LogP contribution is 2.44. The van der Waals surface area contributed by atoms with Crippen LogP contribution < -0.4 is 9.47 Å². The lowest BCUT2D eigenvalue weighted by atomic mass is 9.64. The fourth-order valence-electron chi connectivity index (χ4n) is 4.55. The Bertz CT molecular complexity index is 1180. The summed E-state index contributed by atoms with van der Waals surface area (Å²) in [6, 6.07) is 20.9. The van der Waals surface area contributed by atoms with Crippen molar-refractivity contribution in [1.82, 2.24) is 0 Å². The van der Waals surface area contributed by atoms with Gasteiger partial charge in [-0.25, -0.2) is 0 Å². The lowest BCUT2D eigenvalue weighted by Gasteiger charge is -2.39. The fraction of sp³-hybridized carbons (Fsp3) is 0.310. The van der Waals surface area contributed by atoms with Crippen molar-refractivity contribution in [2.45, 2.75) is 58.8 Å². The van der Waals surface area contributed by atoms with Crippen LogP contribution in [-0.2, 0) is 20.4 Å². The number of phenols is 1. The highest BCUT2D eigenvalue weighted by atomic mass is 16.5. The molecular formula is C29H32O5. The molecule has 0 amide bonds. The molecule has 3 aromatic carbocycles. The number of phenolic OH excluding ortho intramolecular Hbond substituents is 1. The van der Waals surface area contributed by atoms with Gasteiger partial charge in [0.2, 0.25) is 0 Å². The van der Waals surface area contributed by atoms with Crippen molar-refractivity contribution in [3.05, 3.63) is 89.0 Å². The molecule has 0 aliphatic carbocycles. The van der Waals surface area contributed by atoms with Gasteiger partial charge < -0.3 is 14.6 Å². The Balaban J connectivity index is 2.03. The molecule has 0 saturated carbocycles. The zero-order chi connectivity index (χ0) is 25.1. The Morgan fingerprint density at radius 1 is 0.735 bits per heavy atom. The van der Waals surface area contributed by atoms with E-state index in [1.165, 1.54) is 13.8 Å². The van der Waals surface area contributed by atoms with E-state index >= 15 is 0 Å². The van der Waals surface area contributed by atoms with Crippen molar-refractivity contribution in [3.8, 4) is 17.2 Å². The molecule has 178 valence electrons. The minimum absolute atomic E-state index is 0.246. The van der Waals surface area contributed by atoms with Gasteiger partial charge in [0.15, 0.2) is 0 Å². The van der Waals surface area contributed by atoms with Gasteiger partial charge >= 0.3 is 11.9 Å². The molecule has 34 heavy (non-hydrogen) atoms. The third kappa shape index (κ3) is 5.66. The first kappa shape index (κ1) is 25.0. The maximum absolute atomic E-state index is 11.3. The normalized spacial score (nSPS) is 13.1. The van der Waals surface area contributed by atoms with Crippen LogP contribution in [0.15, 0.2) is 66.7 Å². The summed E-state index contributed by atoms with van der Waals surface area (Å²) < 4.78 is 10.4. The van der Waals surface area contributed by atoms with Gasteiger partial charge in [0.1, 0.15) is 17.2 Å². The number of rotatable bonds is 7. The van der Waals surface area contributed by atoms with Crippen LogP contribution in [0.3, 0.4) is 0 Å². The SMILES string of the molecule is CC(=O)Oc1ccc(C(C)(C)CC(C)(c2ccc(OC(C)=O)cc2)c2ccc(O)c(C)c2)cc1. The van der Waals surface area contributed by atoms with Crippen LogP contribution in [0.2, 0.25) is 0 Å². The largest absolute Gasteiger partial charge is 0.508 e. The number of ether oxygens (including phenoxy) is 2. The zero-order valence-corrected chi connectivity index (χ0v) is 20.6. The second-order valence-corrected chi connectivity index (χ2v) is 9.63. The number of carbonyl (C=O) groups excluding carboxylic acids is 2. The van der Waals surface area contributed by atoms with Gasteiger partial charge in [-0.1, -0.05) is 57.2 Å². The van der Waals surface area contributed by atoms with E-state index in [-0.39, 0.29) is 23.1 Å². The van der Waals surface area contributed by atoms with E-state index in [0.29, 0.717) is 11.5 Å². The van der Waals surface area contributed by atoms with Crippen LogP contribution >= 0.6 is 0 Å². The maximum atomic E-state index is 11.3. The summed E-state index contributed by atoms with van der Waals surface area (Å²) in [7, 11) is 0. The van der Waals surface area contributed by atoms with E-state index < -0.39 is 5.41 Å². The first-order valence-corrected chi connectivity index (χ1v) is 11.3. The summed E-state index contributed by atoms with van der Waals surface area (Å²) in [5.41, 5.74) is 3.41. The number of esters is 2. The first-order valence-electron chi connectivity index (χ1n) is 11.3. The lowest BCUT2D eigenvalue weighted by molar-refractivity contribution is -0.132. The monoisotopic (exact) mass is 460 g/mol. The average molecular weight is 461 g/mol. The molecular weight excluding hydrogens is 428 g/mol. The third-order valence-corrected chi connectivity index (χ3v) is 6.28. The number of carbonyl (C=O) groups is 2. The van der Waals surface area contributed by atoms with E-state index in [0.717, 1.165) is 28.7 Å². The molecule has 3 rings (SSSR count). The third-order valence-electron chi connectivity index (χ3n) is 6.28. The van der Waals surface area contributed by atoms with Gasteiger partial charge in [0.05, 0.1) is 0 Å². The maximum Gasteiger partial charge on any atom is 0.308 e. The Morgan fingerprint density at radius 2 is 1.18 bits per heavy atom. The van der Waals surface area contributed by atoms with Gasteiger partial charge in [-0.15, -0.1) is 0 Å². The Morgan fingerprint density at radius 3 is 1.62 bits per heavy atom. The van der Waals surface area contributed by atoms with Crippen molar-refractivity contribution in [3.63, 3.8) is 0 Å². The number of hydrogen-bond donors (Lipinski definition) is 1. The topological polar surface area (TPSA) is 72.8 Å². The molecule has 0 aliphatic heterocycles. The second-order valence-electron chi connectivity index (χ2n) is 9.63. The molecule has 1 unspecified atom stereocenters. The smallest absolute Gasteiger partial charge is 0.308 e. The molecule has 3 aromatic rings. The van der Waals surface area contributed by atoms with Crippen LogP contribution in [0.25, 0.3) is 0 Å². The Hall–Kier alpha value is -3.60. The number of hydrogen-bond acceptors (Lipinski definition) is 5. The second kappa shape index (κ2) is 9.72. The molecule has 0 fully saturated rings. The molecule has 0 bridgehead atoms. The minimum atomic E-state index is -0.411. The zero-order valence-electron chi connectivity index (χ0n) is 20.6. The van der Waals surface area contributed by atoms with Gasteiger partial charge in [-0.05, 0) is 71.3 Å². The minimum Gasteiger partial charge on any atom is -0.508 e. The summed E-state index contributed by atoms with van der Waals surface area (Å²) in [6.07, 6.45) is 0.754. The van der Waals surface area contributed by atoms with Gasteiger partial charge in [-0.2, -0.15) is 0 Å². The van der Waals surface area contributed by atoms with Gasteiger partial charge in [0.25, 0.3) is 0 Å². The summed E-state index contributed by atoms with van der Waals surface area (Å²) in [6.45, 7) is 11.2. The summed E-state index contributed by atoms with van der Waals surface area (Å²) in [5.74, 6) is 0.574. The average Bonchev–Trinajstić information content (AvgIpc) is 2.75. The van der Waals surface area contributed by atoms with Crippen LogP contribution in [0.5, 0.6) is 17.2 Å². The number of aryl methyl sites for hydroxylation is 1. The highest BCUT2D eigenvalue weighted by Gasteiger charge is 2.37. The molecule has 1 N–H and O–H groups in total. The van der Waals surface area contributed by atoms with Crippen molar-refractivity contribution >= 4 is 11.9 Å². The lowest BCUT2D eigenvalue weighted by Crippen LogP contribution is -2.33. The highest BCUT2D eigenvalue weighted by molar-refractivity contribution is 5.69. The summed E-state index contributed by atoms with van der Waals surface area (Å²) in [5, 5.41) is 10.1. The first-order chi connectivity index (χ1) is 15.9. The van der Waals surface area contributed by atoms with Gasteiger partial charge in [0, 0.05) is 19.3 Å². The number of aromatic hydroxyl groups is 1. The fourth-order valence-corrected chi connectivity index (χ4v) is 4.55. The Kier molecular flexibility index (Phi) is 7.15. The van der Waals surface area contributed by atoms with Crippen LogP contribution in [0, 0.1) is 6.92 Å². The van der Waals surface area contributed by atoms with Crippen molar-refractivity contribution < 1.29 is 24.2 Å². The van der Waals surface area contributed by atoms with E-state index in [1.54, 1.807) is 6.07 Å². The van der Waals surface area contributed by atoms with Crippen molar-refractivity contribution in [2.75, 3.05) is 0 Å². The summed E-state index contributed by atoms with van der Waals surface area (Å²) in [4.78, 5) is 22.6. The molecule has 0 saturated heterocycles. The molecule has 5 nitrogen and oxygen atoms in total. The molecule has 1 atom stereocenters.